The van der Waals surface area contributed by atoms with Gasteiger partial charge < -0.3 is 13.9 Å². The maximum Gasteiger partial charge on any atom is 0.143 e. The van der Waals surface area contributed by atoms with Crippen molar-refractivity contribution in [1.82, 2.24) is 4.57 Å². The molecule has 2 aromatic heterocycles. The summed E-state index contributed by atoms with van der Waals surface area (Å²) in [6.45, 7) is 0. The number of aromatic nitrogens is 1. The van der Waals surface area contributed by atoms with Crippen LogP contribution in [0.2, 0.25) is 0 Å². The monoisotopic (exact) mass is 828 g/mol. The Morgan fingerprint density at radius 2 is 0.923 bits per heavy atom. The van der Waals surface area contributed by atoms with Crippen LogP contribution in [0.5, 0.6) is 0 Å². The zero-order chi connectivity index (χ0) is 42.8. The van der Waals surface area contributed by atoms with Gasteiger partial charge in [-0.25, -0.2) is 0 Å². The minimum absolute atomic E-state index is 0.853. The van der Waals surface area contributed by atoms with Crippen molar-refractivity contribution in [2.45, 2.75) is 0 Å². The lowest BCUT2D eigenvalue weighted by molar-refractivity contribution is 0.672. The molecular formula is C62H40N2O. The molecule has 0 amide bonds. The largest absolute Gasteiger partial charge is 0.455 e. The third-order valence-corrected chi connectivity index (χ3v) is 13.2. The molecule has 0 fully saturated rings. The van der Waals surface area contributed by atoms with Gasteiger partial charge in [0.2, 0.25) is 0 Å². The molecule has 65 heavy (non-hydrogen) atoms. The average Bonchev–Trinajstić information content (AvgIpc) is 3.93. The molecule has 0 bridgehead atoms. The molecule has 0 aliphatic carbocycles. The smallest absolute Gasteiger partial charge is 0.143 e. The van der Waals surface area contributed by atoms with Gasteiger partial charge in [-0.1, -0.05) is 170 Å². The van der Waals surface area contributed by atoms with Crippen LogP contribution >= 0.6 is 0 Å². The first-order valence-electron chi connectivity index (χ1n) is 22.2. The van der Waals surface area contributed by atoms with Gasteiger partial charge in [0.25, 0.3) is 0 Å². The highest BCUT2D eigenvalue weighted by molar-refractivity contribution is 6.15. The molecule has 3 nitrogen and oxygen atoms in total. The van der Waals surface area contributed by atoms with Crippen molar-refractivity contribution in [3.63, 3.8) is 0 Å². The van der Waals surface area contributed by atoms with E-state index in [1.54, 1.807) is 0 Å². The van der Waals surface area contributed by atoms with Gasteiger partial charge in [-0.3, -0.25) is 0 Å². The van der Waals surface area contributed by atoms with Gasteiger partial charge in [0.15, 0.2) is 0 Å². The summed E-state index contributed by atoms with van der Waals surface area (Å²) in [5, 5.41) is 9.48. The number of fused-ring (bicyclic) bond motifs is 9. The Balaban J connectivity index is 0.982. The van der Waals surface area contributed by atoms with E-state index in [1.807, 2.05) is 0 Å². The van der Waals surface area contributed by atoms with Crippen LogP contribution in [0.1, 0.15) is 0 Å². The molecule has 3 heteroatoms. The molecule has 0 N–H and O–H groups in total. The molecule has 0 aliphatic heterocycles. The Morgan fingerprint density at radius 1 is 0.323 bits per heavy atom. The summed E-state index contributed by atoms with van der Waals surface area (Å²) in [4.78, 5) is 2.39. The van der Waals surface area contributed by atoms with Crippen LogP contribution in [-0.4, -0.2) is 4.57 Å². The normalized spacial score (nSPS) is 11.7. The van der Waals surface area contributed by atoms with Gasteiger partial charge in [0, 0.05) is 55.6 Å². The summed E-state index contributed by atoms with van der Waals surface area (Å²) in [6, 6.07) is 87.7. The van der Waals surface area contributed by atoms with Crippen LogP contribution < -0.4 is 4.90 Å². The van der Waals surface area contributed by atoms with Gasteiger partial charge in [-0.2, -0.15) is 0 Å². The summed E-state index contributed by atoms with van der Waals surface area (Å²) in [5.74, 6) is 0. The quantitative estimate of drug-likeness (QED) is 0.160. The lowest BCUT2D eigenvalue weighted by Gasteiger charge is -2.28. The summed E-state index contributed by atoms with van der Waals surface area (Å²) < 4.78 is 9.19. The molecule has 0 radical (unpaired) electrons. The lowest BCUT2D eigenvalue weighted by atomic mass is 9.93. The molecule has 0 saturated carbocycles. The van der Waals surface area contributed by atoms with E-state index in [1.165, 1.54) is 49.1 Å². The second kappa shape index (κ2) is 15.0. The standard InChI is InChI=1S/C62H40N2O/c1-2-14-43(15-3-1)57-39-46(51-25-13-18-42-16-4-6-21-50(42)51)31-37-60(57)63(49-34-36-55-56-35-30-44-17-5-7-22-52(44)62(56)65-61(55)40-49)47-32-28-41(29-33-47)45-19-12-20-48(38-45)64-58-26-10-8-23-53(58)54-24-9-11-27-59(54)64/h1-40H. The number of rotatable bonds is 7. The van der Waals surface area contributed by atoms with E-state index in [0.717, 1.165) is 72.3 Å². The van der Waals surface area contributed by atoms with Gasteiger partial charge in [0.05, 0.1) is 16.7 Å². The molecule has 0 saturated heterocycles. The van der Waals surface area contributed by atoms with E-state index < -0.39 is 0 Å². The molecule has 304 valence electrons. The lowest BCUT2D eigenvalue weighted by Crippen LogP contribution is -2.11. The number of para-hydroxylation sites is 2. The van der Waals surface area contributed by atoms with Crippen LogP contribution in [0.15, 0.2) is 247 Å². The number of anilines is 3. The van der Waals surface area contributed by atoms with Crippen molar-refractivity contribution in [2.24, 2.45) is 0 Å². The van der Waals surface area contributed by atoms with Crippen molar-refractivity contribution < 1.29 is 4.42 Å². The summed E-state index contributed by atoms with van der Waals surface area (Å²) in [5.41, 5.74) is 15.4. The summed E-state index contributed by atoms with van der Waals surface area (Å²) in [6.07, 6.45) is 0. The topological polar surface area (TPSA) is 21.3 Å². The van der Waals surface area contributed by atoms with E-state index in [9.17, 15) is 0 Å². The first-order chi connectivity index (χ1) is 32.2. The minimum atomic E-state index is 0.853. The van der Waals surface area contributed by atoms with Crippen LogP contribution in [0.4, 0.5) is 17.1 Å². The first-order valence-corrected chi connectivity index (χ1v) is 22.2. The van der Waals surface area contributed by atoms with Gasteiger partial charge >= 0.3 is 0 Å². The number of hydrogen-bond donors (Lipinski definition) is 0. The van der Waals surface area contributed by atoms with Gasteiger partial charge in [-0.15, -0.1) is 0 Å². The Kier molecular flexibility index (Phi) is 8.53. The number of nitrogens with zero attached hydrogens (tertiary/aromatic N) is 2. The molecule has 13 rings (SSSR count). The third-order valence-electron chi connectivity index (χ3n) is 13.2. The van der Waals surface area contributed by atoms with Crippen LogP contribution in [0.25, 0.3) is 104 Å². The van der Waals surface area contributed by atoms with E-state index in [-0.39, 0.29) is 0 Å². The molecule has 0 unspecified atom stereocenters. The molecular weight excluding hydrogens is 789 g/mol. The van der Waals surface area contributed by atoms with Crippen LogP contribution in [0.3, 0.4) is 0 Å². The highest BCUT2D eigenvalue weighted by atomic mass is 16.3. The zero-order valence-electron chi connectivity index (χ0n) is 35.4. The molecule has 0 spiro atoms. The molecule has 13 aromatic rings. The van der Waals surface area contributed by atoms with Crippen molar-refractivity contribution in [3.8, 4) is 39.1 Å². The Bertz CT molecular complexity index is 3890. The second-order valence-electron chi connectivity index (χ2n) is 16.9. The highest BCUT2D eigenvalue weighted by Crippen LogP contribution is 2.46. The number of hydrogen-bond acceptors (Lipinski definition) is 2. The van der Waals surface area contributed by atoms with Crippen molar-refractivity contribution in [3.05, 3.63) is 243 Å². The highest BCUT2D eigenvalue weighted by Gasteiger charge is 2.21. The molecule has 0 aliphatic rings. The van der Waals surface area contributed by atoms with E-state index in [4.69, 9.17) is 4.42 Å². The molecule has 0 atom stereocenters. The predicted octanol–water partition coefficient (Wildman–Crippen LogP) is 17.5. The zero-order valence-corrected chi connectivity index (χ0v) is 35.4. The Labute approximate surface area is 376 Å². The fourth-order valence-corrected chi connectivity index (χ4v) is 10.1. The summed E-state index contributed by atoms with van der Waals surface area (Å²) >= 11 is 0. The van der Waals surface area contributed by atoms with Crippen LogP contribution in [0, 0.1) is 0 Å². The van der Waals surface area contributed by atoms with Gasteiger partial charge in [0.1, 0.15) is 11.2 Å². The summed E-state index contributed by atoms with van der Waals surface area (Å²) in [7, 11) is 0. The molecule has 11 aromatic carbocycles. The van der Waals surface area contributed by atoms with Crippen molar-refractivity contribution in [1.29, 1.82) is 0 Å². The molecule has 2 heterocycles. The predicted molar refractivity (Wildman–Crippen MR) is 274 cm³/mol. The Morgan fingerprint density at radius 3 is 1.71 bits per heavy atom. The average molecular weight is 829 g/mol. The second-order valence-corrected chi connectivity index (χ2v) is 16.9. The number of furan rings is 1. The SMILES string of the molecule is c1ccc(-c2cc(-c3cccc4ccccc34)ccc2N(c2ccc(-c3cccc(-n4c5ccccc5c5ccccc54)c3)cc2)c2ccc3c(c2)oc2c4ccccc4ccc32)cc1. The van der Waals surface area contributed by atoms with E-state index in [2.05, 4.69) is 252 Å². The van der Waals surface area contributed by atoms with Crippen molar-refractivity contribution in [2.75, 3.05) is 4.90 Å². The Hall–Kier alpha value is -8.66. The van der Waals surface area contributed by atoms with E-state index in [0.29, 0.717) is 0 Å². The number of benzene rings is 11. The fraction of sp³-hybridized carbons (Fsp3) is 0. The van der Waals surface area contributed by atoms with Crippen molar-refractivity contribution >= 4 is 82.4 Å². The fourth-order valence-electron chi connectivity index (χ4n) is 10.1. The minimum Gasteiger partial charge on any atom is -0.455 e. The third kappa shape index (κ3) is 6.12. The van der Waals surface area contributed by atoms with E-state index >= 15 is 0 Å². The maximum absolute atomic E-state index is 6.80. The maximum atomic E-state index is 6.80. The first kappa shape index (κ1) is 36.9. The van der Waals surface area contributed by atoms with Crippen LogP contribution in [-0.2, 0) is 0 Å². The van der Waals surface area contributed by atoms with Gasteiger partial charge in [-0.05, 0) is 111 Å².